The Labute approximate surface area is 145 Å². The molecule has 0 bridgehead atoms. The largest absolute Gasteiger partial charge is 0.487 e. The zero-order valence-electron chi connectivity index (χ0n) is 13.4. The normalized spacial score (nSPS) is 13.6. The van der Waals surface area contributed by atoms with E-state index < -0.39 is 5.82 Å². The molecule has 0 aromatic heterocycles. The van der Waals surface area contributed by atoms with Gasteiger partial charge in [0.25, 0.3) is 0 Å². The van der Waals surface area contributed by atoms with Gasteiger partial charge >= 0.3 is 5.97 Å². The van der Waals surface area contributed by atoms with Crippen LogP contribution in [0.3, 0.4) is 0 Å². The lowest BCUT2D eigenvalue weighted by Crippen LogP contribution is -2.10. The van der Waals surface area contributed by atoms with E-state index in [0.29, 0.717) is 23.8 Å². The summed E-state index contributed by atoms with van der Waals surface area (Å²) in [6.07, 6.45) is 2.54. The van der Waals surface area contributed by atoms with Gasteiger partial charge in [0.2, 0.25) is 0 Å². The molecule has 0 aliphatic heterocycles. The van der Waals surface area contributed by atoms with Crippen molar-refractivity contribution < 1.29 is 18.7 Å². The minimum atomic E-state index is -0.414. The molecular formula is C19H18ClFO3. The van der Waals surface area contributed by atoms with E-state index in [1.165, 1.54) is 18.2 Å². The summed E-state index contributed by atoms with van der Waals surface area (Å²) in [6, 6.07) is 9.69. The third-order valence-electron chi connectivity index (χ3n) is 3.96. The van der Waals surface area contributed by atoms with E-state index in [2.05, 4.69) is 0 Å². The Morgan fingerprint density at radius 2 is 2.04 bits per heavy atom. The van der Waals surface area contributed by atoms with Crippen LogP contribution in [0.5, 0.6) is 11.5 Å². The van der Waals surface area contributed by atoms with E-state index in [1.54, 1.807) is 13.0 Å². The van der Waals surface area contributed by atoms with Crippen molar-refractivity contribution >= 4 is 17.6 Å². The van der Waals surface area contributed by atoms with Gasteiger partial charge in [-0.05, 0) is 48.6 Å². The molecule has 1 saturated carbocycles. The molecular weight excluding hydrogens is 331 g/mol. The predicted molar refractivity (Wildman–Crippen MR) is 90.1 cm³/mol. The lowest BCUT2D eigenvalue weighted by molar-refractivity contribution is -0.134. The van der Waals surface area contributed by atoms with Crippen molar-refractivity contribution in [3.63, 3.8) is 0 Å². The van der Waals surface area contributed by atoms with Gasteiger partial charge in [-0.3, -0.25) is 4.79 Å². The minimum Gasteiger partial charge on any atom is -0.487 e. The Bertz CT molecular complexity index is 756. The number of ether oxygens (including phenoxy) is 2. The molecule has 0 heterocycles. The standard InChI is InChI=1S/C19H18ClFO3/c1-2-19(22)24-17-5-3-4-14(12-6-7-12)15(17)11-23-18-9-8-13(21)10-16(18)20/h3-5,8-10,12H,2,6-7,11H2,1H3. The number of hydrogen-bond donors (Lipinski definition) is 0. The van der Waals surface area contributed by atoms with Gasteiger partial charge in [-0.25, -0.2) is 4.39 Å². The fourth-order valence-electron chi connectivity index (χ4n) is 2.55. The molecule has 1 aliphatic carbocycles. The number of hydrogen-bond acceptors (Lipinski definition) is 3. The van der Waals surface area contributed by atoms with Crippen LogP contribution >= 0.6 is 11.6 Å². The van der Waals surface area contributed by atoms with Gasteiger partial charge in [0.1, 0.15) is 23.9 Å². The number of rotatable bonds is 6. The Morgan fingerprint density at radius 3 is 2.71 bits per heavy atom. The molecule has 3 rings (SSSR count). The summed E-state index contributed by atoms with van der Waals surface area (Å²) in [7, 11) is 0. The molecule has 0 atom stereocenters. The summed E-state index contributed by atoms with van der Waals surface area (Å²) < 4.78 is 24.3. The average Bonchev–Trinajstić information content (AvgIpc) is 3.39. The molecule has 0 unspecified atom stereocenters. The highest BCUT2D eigenvalue weighted by Gasteiger charge is 2.28. The molecule has 5 heteroatoms. The monoisotopic (exact) mass is 348 g/mol. The van der Waals surface area contributed by atoms with Gasteiger partial charge in [-0.15, -0.1) is 0 Å². The van der Waals surface area contributed by atoms with Crippen LogP contribution in [0.4, 0.5) is 4.39 Å². The van der Waals surface area contributed by atoms with Crippen LogP contribution in [-0.2, 0) is 11.4 Å². The molecule has 126 valence electrons. The maximum absolute atomic E-state index is 13.1. The number of esters is 1. The van der Waals surface area contributed by atoms with Crippen molar-refractivity contribution in [3.8, 4) is 11.5 Å². The van der Waals surface area contributed by atoms with Crippen molar-refractivity contribution in [2.24, 2.45) is 0 Å². The van der Waals surface area contributed by atoms with Crippen LogP contribution in [0.1, 0.15) is 43.2 Å². The van der Waals surface area contributed by atoms with Crippen LogP contribution in [0, 0.1) is 5.82 Å². The summed E-state index contributed by atoms with van der Waals surface area (Å²) in [4.78, 5) is 11.7. The average molecular weight is 349 g/mol. The summed E-state index contributed by atoms with van der Waals surface area (Å²) in [5.41, 5.74) is 1.98. The SMILES string of the molecule is CCC(=O)Oc1cccc(C2CC2)c1COc1ccc(F)cc1Cl. The van der Waals surface area contributed by atoms with Crippen LogP contribution in [-0.4, -0.2) is 5.97 Å². The molecule has 0 spiro atoms. The quantitative estimate of drug-likeness (QED) is 0.528. The second-order valence-electron chi connectivity index (χ2n) is 5.79. The van der Waals surface area contributed by atoms with E-state index in [9.17, 15) is 9.18 Å². The number of benzene rings is 2. The molecule has 1 fully saturated rings. The van der Waals surface area contributed by atoms with Gasteiger partial charge in [-0.1, -0.05) is 30.7 Å². The first-order valence-electron chi connectivity index (χ1n) is 7.98. The minimum absolute atomic E-state index is 0.213. The summed E-state index contributed by atoms with van der Waals surface area (Å²) >= 11 is 6.01. The molecule has 0 radical (unpaired) electrons. The van der Waals surface area contributed by atoms with Gasteiger partial charge in [-0.2, -0.15) is 0 Å². The first kappa shape index (κ1) is 16.8. The van der Waals surface area contributed by atoms with Crippen molar-refractivity contribution in [3.05, 3.63) is 58.4 Å². The van der Waals surface area contributed by atoms with Crippen LogP contribution < -0.4 is 9.47 Å². The van der Waals surface area contributed by atoms with Gasteiger partial charge in [0.15, 0.2) is 0 Å². The first-order valence-corrected chi connectivity index (χ1v) is 8.36. The molecule has 1 aliphatic rings. The topological polar surface area (TPSA) is 35.5 Å². The Morgan fingerprint density at radius 1 is 1.25 bits per heavy atom. The van der Waals surface area contributed by atoms with Crippen LogP contribution in [0.2, 0.25) is 5.02 Å². The van der Waals surface area contributed by atoms with E-state index >= 15 is 0 Å². The van der Waals surface area contributed by atoms with E-state index in [-0.39, 0.29) is 17.6 Å². The summed E-state index contributed by atoms with van der Waals surface area (Å²) in [5.74, 6) is 0.695. The lowest BCUT2D eigenvalue weighted by Gasteiger charge is -2.16. The zero-order valence-corrected chi connectivity index (χ0v) is 14.1. The Kier molecular flexibility index (Phi) is 5.05. The highest BCUT2D eigenvalue weighted by Crippen LogP contribution is 2.44. The zero-order chi connectivity index (χ0) is 17.1. The van der Waals surface area contributed by atoms with E-state index in [0.717, 1.165) is 24.0 Å². The predicted octanol–water partition coefficient (Wildman–Crippen LogP) is 5.25. The summed E-state index contributed by atoms with van der Waals surface area (Å²) in [6.45, 7) is 1.96. The lowest BCUT2D eigenvalue weighted by atomic mass is 10.0. The summed E-state index contributed by atoms with van der Waals surface area (Å²) in [5, 5.41) is 0.214. The third-order valence-corrected chi connectivity index (χ3v) is 4.26. The Hall–Kier alpha value is -2.07. The van der Waals surface area contributed by atoms with Crippen LogP contribution in [0.15, 0.2) is 36.4 Å². The van der Waals surface area contributed by atoms with Crippen molar-refractivity contribution in [1.82, 2.24) is 0 Å². The van der Waals surface area contributed by atoms with Crippen LogP contribution in [0.25, 0.3) is 0 Å². The maximum Gasteiger partial charge on any atom is 0.310 e. The fraction of sp³-hybridized carbons (Fsp3) is 0.316. The first-order chi connectivity index (χ1) is 11.6. The van der Waals surface area contributed by atoms with Crippen molar-refractivity contribution in [2.75, 3.05) is 0 Å². The van der Waals surface area contributed by atoms with E-state index in [1.807, 2.05) is 12.1 Å². The highest BCUT2D eigenvalue weighted by atomic mass is 35.5. The second kappa shape index (κ2) is 7.22. The van der Waals surface area contributed by atoms with Crippen molar-refractivity contribution in [2.45, 2.75) is 38.7 Å². The highest BCUT2D eigenvalue weighted by molar-refractivity contribution is 6.32. The molecule has 2 aromatic rings. The fourth-order valence-corrected chi connectivity index (χ4v) is 2.77. The van der Waals surface area contributed by atoms with Gasteiger partial charge in [0, 0.05) is 12.0 Å². The van der Waals surface area contributed by atoms with Gasteiger partial charge in [0.05, 0.1) is 5.02 Å². The maximum atomic E-state index is 13.1. The molecule has 24 heavy (non-hydrogen) atoms. The number of halogens is 2. The van der Waals surface area contributed by atoms with Crippen molar-refractivity contribution in [1.29, 1.82) is 0 Å². The third kappa shape index (κ3) is 3.88. The van der Waals surface area contributed by atoms with Gasteiger partial charge < -0.3 is 9.47 Å². The number of carbonyl (C=O) groups excluding carboxylic acids is 1. The van der Waals surface area contributed by atoms with E-state index in [4.69, 9.17) is 21.1 Å². The number of carbonyl (C=O) groups is 1. The molecule has 0 saturated heterocycles. The molecule has 0 amide bonds. The molecule has 2 aromatic carbocycles. The molecule has 0 N–H and O–H groups in total. The Balaban J connectivity index is 1.85. The molecule has 3 nitrogen and oxygen atoms in total. The second-order valence-corrected chi connectivity index (χ2v) is 6.20. The smallest absolute Gasteiger partial charge is 0.310 e.